The van der Waals surface area contributed by atoms with E-state index in [9.17, 15) is 9.59 Å². The lowest BCUT2D eigenvalue weighted by Gasteiger charge is -2.28. The van der Waals surface area contributed by atoms with Gasteiger partial charge in [-0.15, -0.1) is 0 Å². The summed E-state index contributed by atoms with van der Waals surface area (Å²) in [5.41, 5.74) is 1.98. The van der Waals surface area contributed by atoms with Crippen molar-refractivity contribution in [2.45, 2.75) is 38.8 Å². The lowest BCUT2D eigenvalue weighted by Crippen LogP contribution is -2.31. The van der Waals surface area contributed by atoms with Crippen LogP contribution in [0.4, 0.5) is 5.82 Å². The molecule has 1 aliphatic rings. The Kier molecular flexibility index (Phi) is 6.18. The predicted molar refractivity (Wildman–Crippen MR) is 109 cm³/mol. The minimum absolute atomic E-state index is 0.255. The number of nitrogens with one attached hydrogen (secondary N) is 2. The number of aromatic nitrogens is 3. The molecule has 148 valence electrons. The standard InChI is InChI=1S/C20H24N4O3S/c1-5-27-19(26)14-12(4)22-17-16(15(14)13-6-8-21-9-7-13)18(25)24-20(23-17)28-10-11(2)3/h6-9,11,15H,5,10H2,1-4H3,(H2,22,23,24,25)/t15-/m0/s1. The van der Waals surface area contributed by atoms with Crippen molar-refractivity contribution in [2.24, 2.45) is 5.92 Å². The van der Waals surface area contributed by atoms with Crippen molar-refractivity contribution in [3.05, 3.63) is 57.3 Å². The largest absolute Gasteiger partial charge is 0.463 e. The van der Waals surface area contributed by atoms with E-state index in [0.717, 1.165) is 11.3 Å². The number of rotatable bonds is 6. The summed E-state index contributed by atoms with van der Waals surface area (Å²) in [7, 11) is 0. The average molecular weight is 401 g/mol. The summed E-state index contributed by atoms with van der Waals surface area (Å²) in [5.74, 6) is 0.776. The maximum Gasteiger partial charge on any atom is 0.336 e. The van der Waals surface area contributed by atoms with Gasteiger partial charge in [-0.05, 0) is 37.5 Å². The third kappa shape index (κ3) is 4.11. The van der Waals surface area contributed by atoms with Crippen LogP contribution in [-0.4, -0.2) is 33.3 Å². The van der Waals surface area contributed by atoms with E-state index in [2.05, 4.69) is 34.1 Å². The molecule has 0 saturated carbocycles. The Hall–Kier alpha value is -2.61. The summed E-state index contributed by atoms with van der Waals surface area (Å²) in [5, 5.41) is 3.70. The number of carbonyl (C=O) groups excluding carboxylic acids is 1. The van der Waals surface area contributed by atoms with Crippen LogP contribution in [0.2, 0.25) is 0 Å². The highest BCUT2D eigenvalue weighted by Gasteiger charge is 2.36. The molecule has 1 aliphatic heterocycles. The fourth-order valence-corrected chi connectivity index (χ4v) is 3.93. The molecule has 0 spiro atoms. The van der Waals surface area contributed by atoms with Crippen molar-refractivity contribution in [1.29, 1.82) is 0 Å². The van der Waals surface area contributed by atoms with Gasteiger partial charge in [-0.2, -0.15) is 0 Å². The molecule has 28 heavy (non-hydrogen) atoms. The van der Waals surface area contributed by atoms with Crippen LogP contribution < -0.4 is 10.9 Å². The average Bonchev–Trinajstić information content (AvgIpc) is 2.66. The van der Waals surface area contributed by atoms with Crippen LogP contribution in [0.5, 0.6) is 0 Å². The van der Waals surface area contributed by atoms with Crippen LogP contribution in [0.15, 0.2) is 45.7 Å². The van der Waals surface area contributed by atoms with E-state index in [-0.39, 0.29) is 12.2 Å². The highest BCUT2D eigenvalue weighted by Crippen LogP contribution is 2.39. The summed E-state index contributed by atoms with van der Waals surface area (Å²) >= 11 is 1.50. The number of fused-ring (bicyclic) bond motifs is 1. The molecule has 0 radical (unpaired) electrons. The lowest BCUT2D eigenvalue weighted by molar-refractivity contribution is -0.138. The molecule has 8 heteroatoms. The molecule has 0 bridgehead atoms. The maximum absolute atomic E-state index is 13.0. The predicted octanol–water partition coefficient (Wildman–Crippen LogP) is 3.31. The van der Waals surface area contributed by atoms with E-state index in [1.165, 1.54) is 11.8 Å². The summed E-state index contributed by atoms with van der Waals surface area (Å²) in [6, 6.07) is 3.60. The number of hydrogen-bond acceptors (Lipinski definition) is 7. The molecule has 3 heterocycles. The van der Waals surface area contributed by atoms with Gasteiger partial charge in [0.1, 0.15) is 5.82 Å². The van der Waals surface area contributed by atoms with Crippen molar-refractivity contribution in [3.8, 4) is 0 Å². The van der Waals surface area contributed by atoms with E-state index in [1.807, 2.05) is 0 Å². The van der Waals surface area contributed by atoms with Gasteiger partial charge in [-0.3, -0.25) is 9.78 Å². The molecule has 1 atom stereocenters. The number of esters is 1. The zero-order valence-electron chi connectivity index (χ0n) is 16.4. The van der Waals surface area contributed by atoms with Crippen molar-refractivity contribution in [3.63, 3.8) is 0 Å². The number of aromatic amines is 1. The summed E-state index contributed by atoms with van der Waals surface area (Å²) in [6.07, 6.45) is 3.28. The van der Waals surface area contributed by atoms with E-state index < -0.39 is 11.9 Å². The third-order valence-electron chi connectivity index (χ3n) is 4.31. The second kappa shape index (κ2) is 8.60. The monoisotopic (exact) mass is 400 g/mol. The summed E-state index contributed by atoms with van der Waals surface area (Å²) in [4.78, 5) is 37.2. The fourth-order valence-electron chi connectivity index (χ4n) is 3.11. The molecule has 2 aromatic heterocycles. The van der Waals surface area contributed by atoms with Crippen LogP contribution in [-0.2, 0) is 9.53 Å². The van der Waals surface area contributed by atoms with Crippen molar-refractivity contribution < 1.29 is 9.53 Å². The van der Waals surface area contributed by atoms with Crippen LogP contribution in [0.3, 0.4) is 0 Å². The minimum atomic E-state index is -0.571. The highest BCUT2D eigenvalue weighted by atomic mass is 32.2. The lowest BCUT2D eigenvalue weighted by atomic mass is 9.83. The quantitative estimate of drug-likeness (QED) is 0.436. The van der Waals surface area contributed by atoms with Crippen molar-refractivity contribution in [1.82, 2.24) is 15.0 Å². The first-order valence-corrected chi connectivity index (χ1v) is 10.2. The first-order valence-electron chi connectivity index (χ1n) is 9.24. The van der Waals surface area contributed by atoms with E-state index in [4.69, 9.17) is 4.74 Å². The van der Waals surface area contributed by atoms with Gasteiger partial charge in [0.15, 0.2) is 5.16 Å². The van der Waals surface area contributed by atoms with Gasteiger partial charge in [0.2, 0.25) is 0 Å². The molecule has 3 rings (SSSR count). The van der Waals surface area contributed by atoms with Crippen LogP contribution in [0.1, 0.15) is 44.7 Å². The minimum Gasteiger partial charge on any atom is -0.463 e. The van der Waals surface area contributed by atoms with E-state index in [1.54, 1.807) is 38.4 Å². The zero-order chi connectivity index (χ0) is 20.3. The molecule has 2 N–H and O–H groups in total. The summed E-state index contributed by atoms with van der Waals surface area (Å²) < 4.78 is 5.26. The smallest absolute Gasteiger partial charge is 0.336 e. The molecule has 0 fully saturated rings. The van der Waals surface area contributed by atoms with Gasteiger partial charge in [0.05, 0.1) is 23.7 Å². The maximum atomic E-state index is 13.0. The number of thioether (sulfide) groups is 1. The van der Waals surface area contributed by atoms with Gasteiger partial charge >= 0.3 is 5.97 Å². The molecule has 0 unspecified atom stereocenters. The number of pyridine rings is 1. The Morgan fingerprint density at radius 3 is 2.68 bits per heavy atom. The van der Waals surface area contributed by atoms with Crippen molar-refractivity contribution >= 4 is 23.5 Å². The number of nitrogens with zero attached hydrogens (tertiary/aromatic N) is 2. The fraction of sp³-hybridized carbons (Fsp3) is 0.400. The number of hydrogen-bond donors (Lipinski definition) is 2. The van der Waals surface area contributed by atoms with Gasteiger partial charge in [-0.25, -0.2) is 9.78 Å². The SMILES string of the molecule is CCOC(=O)C1=C(C)Nc2nc(SCC(C)C)[nH]c(=O)c2[C@H]1c1ccncc1. The molecule has 0 amide bonds. The first-order chi connectivity index (χ1) is 13.4. The molecule has 0 aromatic carbocycles. The Balaban J connectivity index is 2.14. The van der Waals surface area contributed by atoms with E-state index >= 15 is 0 Å². The number of H-pyrrole nitrogens is 1. The Bertz CT molecular complexity index is 954. The molecule has 2 aromatic rings. The number of allylic oxidation sites excluding steroid dienone is 1. The normalized spacial score (nSPS) is 16.0. The topological polar surface area (TPSA) is 97.0 Å². The number of carbonyl (C=O) groups is 1. The van der Waals surface area contributed by atoms with Gasteiger partial charge in [0, 0.05) is 23.8 Å². The Labute approximate surface area is 168 Å². The van der Waals surface area contributed by atoms with Gasteiger partial charge in [-0.1, -0.05) is 25.6 Å². The molecule has 0 aliphatic carbocycles. The molecular formula is C20H24N4O3S. The number of anilines is 1. The Morgan fingerprint density at radius 1 is 1.32 bits per heavy atom. The second-order valence-corrected chi connectivity index (χ2v) is 7.94. The van der Waals surface area contributed by atoms with Crippen LogP contribution >= 0.6 is 11.8 Å². The van der Waals surface area contributed by atoms with Gasteiger partial charge in [0.25, 0.3) is 5.56 Å². The van der Waals surface area contributed by atoms with Crippen LogP contribution in [0, 0.1) is 5.92 Å². The highest BCUT2D eigenvalue weighted by molar-refractivity contribution is 7.99. The van der Waals surface area contributed by atoms with E-state index in [0.29, 0.717) is 33.7 Å². The van der Waals surface area contributed by atoms with Crippen LogP contribution in [0.25, 0.3) is 0 Å². The zero-order valence-corrected chi connectivity index (χ0v) is 17.2. The van der Waals surface area contributed by atoms with Crippen molar-refractivity contribution in [2.75, 3.05) is 17.7 Å². The molecule has 0 saturated heterocycles. The second-order valence-electron chi connectivity index (χ2n) is 6.94. The first kappa shape index (κ1) is 20.1. The third-order valence-corrected chi connectivity index (χ3v) is 5.61. The Morgan fingerprint density at radius 2 is 2.04 bits per heavy atom. The molecular weight excluding hydrogens is 376 g/mol. The number of ether oxygens (including phenoxy) is 1. The van der Waals surface area contributed by atoms with Gasteiger partial charge < -0.3 is 15.0 Å². The molecule has 7 nitrogen and oxygen atoms in total. The summed E-state index contributed by atoms with van der Waals surface area (Å²) in [6.45, 7) is 8.03.